The van der Waals surface area contributed by atoms with Gasteiger partial charge in [0.15, 0.2) is 0 Å². The first-order valence-electron chi connectivity index (χ1n) is 10.1. The van der Waals surface area contributed by atoms with Gasteiger partial charge in [0.25, 0.3) is 0 Å². The molecule has 1 aromatic rings. The predicted molar refractivity (Wildman–Crippen MR) is 105 cm³/mol. The van der Waals surface area contributed by atoms with E-state index in [-0.39, 0.29) is 0 Å². The predicted octanol–water partition coefficient (Wildman–Crippen LogP) is 7.21. The fourth-order valence-electron chi connectivity index (χ4n) is 4.60. The standard InChI is InChI=1S/C24H34/c1-3-4-20-7-9-21(10-8-20)11-12-22-13-17-24(18-14-22)23-15-5-19(2)6-16-23/h3-6,11-12,15-16,20-22,24H,7-10,13-14,17-18H2,1-2H3/b4-3+,12-11?. The molecule has 2 aliphatic carbocycles. The molecule has 24 heavy (non-hydrogen) atoms. The fourth-order valence-corrected chi connectivity index (χ4v) is 4.60. The van der Waals surface area contributed by atoms with Crippen molar-refractivity contribution in [1.29, 1.82) is 0 Å². The fraction of sp³-hybridized carbons (Fsp3) is 0.583. The molecule has 0 radical (unpaired) electrons. The van der Waals surface area contributed by atoms with Gasteiger partial charge in [0, 0.05) is 0 Å². The zero-order valence-corrected chi connectivity index (χ0v) is 15.6. The van der Waals surface area contributed by atoms with Crippen LogP contribution in [0, 0.1) is 24.7 Å². The van der Waals surface area contributed by atoms with E-state index in [1.54, 1.807) is 5.56 Å². The van der Waals surface area contributed by atoms with Crippen molar-refractivity contribution in [2.24, 2.45) is 17.8 Å². The van der Waals surface area contributed by atoms with Crippen LogP contribution in [-0.4, -0.2) is 0 Å². The van der Waals surface area contributed by atoms with E-state index in [4.69, 9.17) is 0 Å². The molecule has 0 bridgehead atoms. The van der Waals surface area contributed by atoms with E-state index >= 15 is 0 Å². The average molecular weight is 323 g/mol. The van der Waals surface area contributed by atoms with Crippen molar-refractivity contribution in [2.75, 3.05) is 0 Å². The summed E-state index contributed by atoms with van der Waals surface area (Å²) in [5.41, 5.74) is 2.94. The molecular formula is C24H34. The molecule has 0 spiro atoms. The number of allylic oxidation sites excluding steroid dienone is 4. The SMILES string of the molecule is C/C=C/C1CCC(C=CC2CCC(c3ccc(C)cc3)CC2)CC1. The number of aryl methyl sites for hydroxylation is 1. The molecule has 0 aromatic heterocycles. The minimum absolute atomic E-state index is 0.798. The summed E-state index contributed by atoms with van der Waals surface area (Å²) in [5, 5.41) is 0. The molecule has 0 aliphatic heterocycles. The van der Waals surface area contributed by atoms with Crippen LogP contribution in [0.15, 0.2) is 48.6 Å². The Kier molecular flexibility index (Phi) is 6.35. The summed E-state index contributed by atoms with van der Waals surface area (Å²) in [5.74, 6) is 3.33. The van der Waals surface area contributed by atoms with Crippen LogP contribution in [-0.2, 0) is 0 Å². The van der Waals surface area contributed by atoms with Gasteiger partial charge < -0.3 is 0 Å². The Balaban J connectivity index is 1.43. The summed E-state index contributed by atoms with van der Waals surface area (Å²) in [4.78, 5) is 0. The average Bonchev–Trinajstić information content (AvgIpc) is 2.63. The lowest BCUT2D eigenvalue weighted by Gasteiger charge is -2.28. The molecule has 0 saturated heterocycles. The van der Waals surface area contributed by atoms with Gasteiger partial charge in [0.2, 0.25) is 0 Å². The van der Waals surface area contributed by atoms with Gasteiger partial charge in [-0.1, -0.05) is 54.1 Å². The van der Waals surface area contributed by atoms with Gasteiger partial charge in [-0.2, -0.15) is 0 Å². The molecule has 2 saturated carbocycles. The lowest BCUT2D eigenvalue weighted by Crippen LogP contribution is -2.13. The second-order valence-corrected chi connectivity index (χ2v) is 8.11. The summed E-state index contributed by atoms with van der Waals surface area (Å²) < 4.78 is 0. The first-order chi connectivity index (χ1) is 11.7. The quantitative estimate of drug-likeness (QED) is 0.514. The van der Waals surface area contributed by atoms with Crippen LogP contribution in [0.5, 0.6) is 0 Å². The number of hydrogen-bond acceptors (Lipinski definition) is 0. The molecule has 3 rings (SSSR count). The topological polar surface area (TPSA) is 0 Å². The lowest BCUT2D eigenvalue weighted by atomic mass is 9.77. The Hall–Kier alpha value is -1.30. The van der Waals surface area contributed by atoms with Crippen molar-refractivity contribution < 1.29 is 0 Å². The zero-order chi connectivity index (χ0) is 16.8. The van der Waals surface area contributed by atoms with E-state index in [1.165, 1.54) is 56.9 Å². The maximum atomic E-state index is 2.58. The third-order valence-electron chi connectivity index (χ3n) is 6.26. The highest BCUT2D eigenvalue weighted by Gasteiger charge is 2.22. The molecule has 2 fully saturated rings. The summed E-state index contributed by atoms with van der Waals surface area (Å²) >= 11 is 0. The van der Waals surface area contributed by atoms with Crippen molar-refractivity contribution in [3.63, 3.8) is 0 Å². The highest BCUT2D eigenvalue weighted by Crippen LogP contribution is 2.37. The van der Waals surface area contributed by atoms with Gasteiger partial charge in [-0.25, -0.2) is 0 Å². The maximum absolute atomic E-state index is 2.58. The second-order valence-electron chi connectivity index (χ2n) is 8.11. The minimum atomic E-state index is 0.798. The first kappa shape index (κ1) is 17.5. The molecule has 0 N–H and O–H groups in total. The highest BCUT2D eigenvalue weighted by molar-refractivity contribution is 5.25. The van der Waals surface area contributed by atoms with E-state index in [0.717, 1.165) is 23.7 Å². The lowest BCUT2D eigenvalue weighted by molar-refractivity contribution is 0.348. The van der Waals surface area contributed by atoms with Crippen molar-refractivity contribution >= 4 is 0 Å². The van der Waals surface area contributed by atoms with Crippen LogP contribution >= 0.6 is 0 Å². The van der Waals surface area contributed by atoms with Crippen molar-refractivity contribution in [1.82, 2.24) is 0 Å². The van der Waals surface area contributed by atoms with Crippen LogP contribution in [0.1, 0.15) is 75.3 Å². The van der Waals surface area contributed by atoms with E-state index in [9.17, 15) is 0 Å². The van der Waals surface area contributed by atoms with Gasteiger partial charge >= 0.3 is 0 Å². The Morgan fingerprint density at radius 2 is 1.12 bits per heavy atom. The van der Waals surface area contributed by atoms with Gasteiger partial charge in [-0.05, 0) is 94.4 Å². The van der Waals surface area contributed by atoms with Crippen LogP contribution in [0.25, 0.3) is 0 Å². The van der Waals surface area contributed by atoms with Crippen molar-refractivity contribution in [3.8, 4) is 0 Å². The monoisotopic (exact) mass is 322 g/mol. The molecule has 0 atom stereocenters. The van der Waals surface area contributed by atoms with Gasteiger partial charge in [-0.3, -0.25) is 0 Å². The summed E-state index contributed by atoms with van der Waals surface area (Å²) in [6, 6.07) is 9.23. The molecular weight excluding hydrogens is 288 g/mol. The van der Waals surface area contributed by atoms with Gasteiger partial charge in [0.05, 0.1) is 0 Å². The Morgan fingerprint density at radius 1 is 0.667 bits per heavy atom. The first-order valence-corrected chi connectivity index (χ1v) is 10.1. The number of benzene rings is 1. The smallest absolute Gasteiger partial charge is 0.0162 e. The van der Waals surface area contributed by atoms with Gasteiger partial charge in [-0.15, -0.1) is 0 Å². The largest absolute Gasteiger partial charge is 0.0914 e. The normalized spacial score (nSPS) is 31.8. The van der Waals surface area contributed by atoms with E-state index in [2.05, 4.69) is 62.4 Å². The summed E-state index contributed by atoms with van der Waals surface area (Å²) in [6.45, 7) is 4.33. The molecule has 0 amide bonds. The second kappa shape index (κ2) is 8.70. The Bertz CT molecular complexity index is 532. The van der Waals surface area contributed by atoms with Crippen LogP contribution in [0.2, 0.25) is 0 Å². The third kappa shape index (κ3) is 4.85. The molecule has 0 heterocycles. The van der Waals surface area contributed by atoms with Gasteiger partial charge in [0.1, 0.15) is 0 Å². The van der Waals surface area contributed by atoms with E-state index in [1.807, 2.05) is 0 Å². The maximum Gasteiger partial charge on any atom is -0.0162 e. The highest BCUT2D eigenvalue weighted by atomic mass is 14.3. The third-order valence-corrected chi connectivity index (χ3v) is 6.26. The van der Waals surface area contributed by atoms with Crippen molar-refractivity contribution in [3.05, 3.63) is 59.7 Å². The Morgan fingerprint density at radius 3 is 1.62 bits per heavy atom. The summed E-state index contributed by atoms with van der Waals surface area (Å²) in [7, 11) is 0. The van der Waals surface area contributed by atoms with Crippen molar-refractivity contribution in [2.45, 2.75) is 71.1 Å². The van der Waals surface area contributed by atoms with E-state index in [0.29, 0.717) is 0 Å². The molecule has 130 valence electrons. The number of hydrogen-bond donors (Lipinski definition) is 0. The van der Waals surface area contributed by atoms with Crippen LogP contribution in [0.3, 0.4) is 0 Å². The van der Waals surface area contributed by atoms with Crippen LogP contribution < -0.4 is 0 Å². The molecule has 0 heteroatoms. The van der Waals surface area contributed by atoms with E-state index < -0.39 is 0 Å². The minimum Gasteiger partial charge on any atom is -0.0914 e. The number of rotatable bonds is 4. The molecule has 0 unspecified atom stereocenters. The summed E-state index contributed by atoms with van der Waals surface area (Å²) in [6.07, 6.45) is 20.8. The molecule has 1 aromatic carbocycles. The Labute approximate surface area is 149 Å². The molecule has 0 nitrogen and oxygen atoms in total. The zero-order valence-electron chi connectivity index (χ0n) is 15.6. The van der Waals surface area contributed by atoms with Crippen LogP contribution in [0.4, 0.5) is 0 Å². The molecule has 2 aliphatic rings.